The van der Waals surface area contributed by atoms with Crippen molar-refractivity contribution in [1.29, 1.82) is 0 Å². The van der Waals surface area contributed by atoms with E-state index in [9.17, 15) is 4.79 Å². The Balaban J connectivity index is 2.60. The molecule has 0 bridgehead atoms. The standard InChI is InChI=1S/C20H35N3O/c1-5-9-16(4)17-10-8-11-18(14-17)23-19(24)22-15-20(21,12-6-2)13-7-3/h8,10-11,14,16H,5-7,9,12-13,15,21H2,1-4H3,(H2,22,23,24). The fourth-order valence-electron chi connectivity index (χ4n) is 3.25. The van der Waals surface area contributed by atoms with Crippen LogP contribution in [-0.2, 0) is 0 Å². The summed E-state index contributed by atoms with van der Waals surface area (Å²) in [6.45, 7) is 9.17. The first kappa shape index (κ1) is 20.5. The molecule has 4 heteroatoms. The SMILES string of the molecule is CCCC(C)c1cccc(NC(=O)NCC(N)(CCC)CCC)c1. The molecule has 24 heavy (non-hydrogen) atoms. The molecule has 1 rings (SSSR count). The van der Waals surface area contributed by atoms with E-state index in [4.69, 9.17) is 5.73 Å². The van der Waals surface area contributed by atoms with Crippen LogP contribution < -0.4 is 16.4 Å². The van der Waals surface area contributed by atoms with Crippen LogP contribution in [-0.4, -0.2) is 18.1 Å². The van der Waals surface area contributed by atoms with Gasteiger partial charge in [-0.1, -0.05) is 59.1 Å². The number of hydrogen-bond donors (Lipinski definition) is 3. The van der Waals surface area contributed by atoms with Crippen molar-refractivity contribution in [2.75, 3.05) is 11.9 Å². The van der Waals surface area contributed by atoms with Crippen molar-refractivity contribution in [2.45, 2.75) is 77.7 Å². The number of urea groups is 1. The maximum absolute atomic E-state index is 12.2. The van der Waals surface area contributed by atoms with Gasteiger partial charge in [-0.05, 0) is 42.9 Å². The third kappa shape index (κ3) is 6.91. The third-order valence-corrected chi connectivity index (χ3v) is 4.53. The van der Waals surface area contributed by atoms with Gasteiger partial charge < -0.3 is 16.4 Å². The van der Waals surface area contributed by atoms with Crippen LogP contribution in [0, 0.1) is 0 Å². The van der Waals surface area contributed by atoms with Crippen molar-refractivity contribution in [2.24, 2.45) is 5.73 Å². The Bertz CT molecular complexity index is 495. The van der Waals surface area contributed by atoms with Crippen molar-refractivity contribution < 1.29 is 4.79 Å². The molecule has 0 fully saturated rings. The molecule has 1 unspecified atom stereocenters. The highest BCUT2D eigenvalue weighted by molar-refractivity contribution is 5.89. The molecule has 136 valence electrons. The highest BCUT2D eigenvalue weighted by Gasteiger charge is 2.23. The molecular formula is C20H35N3O. The van der Waals surface area contributed by atoms with E-state index < -0.39 is 0 Å². The summed E-state index contributed by atoms with van der Waals surface area (Å²) >= 11 is 0. The lowest BCUT2D eigenvalue weighted by atomic mass is 9.90. The smallest absolute Gasteiger partial charge is 0.319 e. The van der Waals surface area contributed by atoms with Crippen LogP contribution in [0.5, 0.6) is 0 Å². The van der Waals surface area contributed by atoms with Crippen molar-refractivity contribution in [1.82, 2.24) is 5.32 Å². The summed E-state index contributed by atoms with van der Waals surface area (Å²) in [4.78, 5) is 12.2. The Hall–Kier alpha value is -1.55. The van der Waals surface area contributed by atoms with E-state index in [0.29, 0.717) is 12.5 Å². The van der Waals surface area contributed by atoms with E-state index >= 15 is 0 Å². The van der Waals surface area contributed by atoms with Crippen LogP contribution in [0.2, 0.25) is 0 Å². The first-order valence-electron chi connectivity index (χ1n) is 9.37. The number of anilines is 1. The van der Waals surface area contributed by atoms with Gasteiger partial charge in [0.05, 0.1) is 0 Å². The highest BCUT2D eigenvalue weighted by Crippen LogP contribution is 2.23. The molecule has 0 saturated heterocycles. The van der Waals surface area contributed by atoms with Gasteiger partial charge in [0.2, 0.25) is 0 Å². The molecule has 1 atom stereocenters. The van der Waals surface area contributed by atoms with Gasteiger partial charge in [0.1, 0.15) is 0 Å². The largest absolute Gasteiger partial charge is 0.336 e. The fourth-order valence-corrected chi connectivity index (χ4v) is 3.25. The number of rotatable bonds is 10. The predicted octanol–water partition coefficient (Wildman–Crippen LogP) is 5.01. The molecule has 0 radical (unpaired) electrons. The second-order valence-electron chi connectivity index (χ2n) is 6.99. The van der Waals surface area contributed by atoms with Crippen molar-refractivity contribution in [3.63, 3.8) is 0 Å². The molecule has 2 amide bonds. The van der Waals surface area contributed by atoms with Gasteiger partial charge in [-0.3, -0.25) is 0 Å². The molecular weight excluding hydrogens is 298 g/mol. The summed E-state index contributed by atoms with van der Waals surface area (Å²) in [6.07, 6.45) is 6.21. The zero-order valence-corrected chi connectivity index (χ0v) is 15.8. The highest BCUT2D eigenvalue weighted by atomic mass is 16.2. The van der Waals surface area contributed by atoms with Gasteiger partial charge in [-0.25, -0.2) is 4.79 Å². The van der Waals surface area contributed by atoms with Gasteiger partial charge in [-0.15, -0.1) is 0 Å². The van der Waals surface area contributed by atoms with E-state index in [1.165, 1.54) is 5.56 Å². The minimum atomic E-state index is -0.307. The minimum absolute atomic E-state index is 0.183. The Morgan fingerprint density at radius 1 is 1.17 bits per heavy atom. The van der Waals surface area contributed by atoms with E-state index in [1.807, 2.05) is 12.1 Å². The van der Waals surface area contributed by atoms with Crippen molar-refractivity contribution >= 4 is 11.7 Å². The number of carbonyl (C=O) groups is 1. The number of nitrogens with one attached hydrogen (secondary N) is 2. The Morgan fingerprint density at radius 2 is 1.83 bits per heavy atom. The summed E-state index contributed by atoms with van der Waals surface area (Å²) < 4.78 is 0. The molecule has 1 aromatic rings. The molecule has 0 saturated carbocycles. The van der Waals surface area contributed by atoms with Gasteiger partial charge >= 0.3 is 6.03 Å². The lowest BCUT2D eigenvalue weighted by Gasteiger charge is -2.29. The first-order chi connectivity index (χ1) is 11.4. The summed E-state index contributed by atoms with van der Waals surface area (Å²) in [7, 11) is 0. The summed E-state index contributed by atoms with van der Waals surface area (Å²) in [6, 6.07) is 7.93. The molecule has 0 aromatic heterocycles. The average Bonchev–Trinajstić information content (AvgIpc) is 2.54. The van der Waals surface area contributed by atoms with Gasteiger partial charge in [-0.2, -0.15) is 0 Å². The maximum Gasteiger partial charge on any atom is 0.319 e. The minimum Gasteiger partial charge on any atom is -0.336 e. The molecule has 4 N–H and O–H groups in total. The fraction of sp³-hybridized carbons (Fsp3) is 0.650. The zero-order chi connectivity index (χ0) is 18.0. The maximum atomic E-state index is 12.2. The number of amides is 2. The van der Waals surface area contributed by atoms with Gasteiger partial charge in [0.25, 0.3) is 0 Å². The molecule has 4 nitrogen and oxygen atoms in total. The van der Waals surface area contributed by atoms with Crippen LogP contribution in [0.25, 0.3) is 0 Å². The monoisotopic (exact) mass is 333 g/mol. The number of nitrogens with two attached hydrogens (primary N) is 1. The van der Waals surface area contributed by atoms with Crippen LogP contribution >= 0.6 is 0 Å². The summed E-state index contributed by atoms with van der Waals surface area (Å²) in [5.74, 6) is 0.505. The number of benzene rings is 1. The number of hydrogen-bond acceptors (Lipinski definition) is 2. The van der Waals surface area contributed by atoms with Crippen LogP contribution in [0.15, 0.2) is 24.3 Å². The van der Waals surface area contributed by atoms with Gasteiger partial charge in [0.15, 0.2) is 0 Å². The molecule has 0 spiro atoms. The Morgan fingerprint density at radius 3 is 2.42 bits per heavy atom. The molecule has 0 aliphatic rings. The van der Waals surface area contributed by atoms with E-state index in [2.05, 4.69) is 50.5 Å². The lowest BCUT2D eigenvalue weighted by molar-refractivity contribution is 0.246. The van der Waals surface area contributed by atoms with E-state index in [-0.39, 0.29) is 11.6 Å². The summed E-state index contributed by atoms with van der Waals surface area (Å²) in [5, 5.41) is 5.87. The Labute approximate surface area is 147 Å². The zero-order valence-electron chi connectivity index (χ0n) is 15.8. The molecule has 0 heterocycles. The van der Waals surface area contributed by atoms with Crippen LogP contribution in [0.3, 0.4) is 0 Å². The molecule has 1 aromatic carbocycles. The summed E-state index contributed by atoms with van der Waals surface area (Å²) in [5.41, 5.74) is 8.21. The van der Waals surface area contributed by atoms with Crippen LogP contribution in [0.4, 0.5) is 10.5 Å². The Kier molecular flexibility index (Phi) is 8.83. The topological polar surface area (TPSA) is 67.2 Å². The van der Waals surface area contributed by atoms with E-state index in [1.54, 1.807) is 0 Å². The lowest BCUT2D eigenvalue weighted by Crippen LogP contribution is -2.50. The first-order valence-corrected chi connectivity index (χ1v) is 9.37. The molecule has 0 aliphatic heterocycles. The predicted molar refractivity (Wildman–Crippen MR) is 104 cm³/mol. The van der Waals surface area contributed by atoms with Gasteiger partial charge in [0, 0.05) is 17.8 Å². The van der Waals surface area contributed by atoms with Crippen LogP contribution in [0.1, 0.15) is 77.7 Å². The average molecular weight is 334 g/mol. The third-order valence-electron chi connectivity index (χ3n) is 4.53. The number of carbonyl (C=O) groups excluding carboxylic acids is 1. The quantitative estimate of drug-likeness (QED) is 0.563. The van der Waals surface area contributed by atoms with Crippen molar-refractivity contribution in [3.8, 4) is 0 Å². The second-order valence-corrected chi connectivity index (χ2v) is 6.99. The van der Waals surface area contributed by atoms with Crippen molar-refractivity contribution in [3.05, 3.63) is 29.8 Å². The van der Waals surface area contributed by atoms with E-state index in [0.717, 1.165) is 44.2 Å². The molecule has 0 aliphatic carbocycles. The second kappa shape index (κ2) is 10.3. The normalized spacial score (nSPS) is 12.7.